The number of carboxylic acids is 1. The van der Waals surface area contributed by atoms with E-state index in [1.54, 1.807) is 11.3 Å². The van der Waals surface area contributed by atoms with Crippen LogP contribution in [0.15, 0.2) is 36.4 Å². The molecule has 0 unspecified atom stereocenters. The third-order valence-corrected chi connectivity index (χ3v) is 4.73. The number of rotatable bonds is 4. The van der Waals surface area contributed by atoms with Crippen molar-refractivity contribution in [2.45, 2.75) is 26.7 Å². The van der Waals surface area contributed by atoms with Crippen molar-refractivity contribution in [2.24, 2.45) is 5.92 Å². The van der Waals surface area contributed by atoms with E-state index in [4.69, 9.17) is 5.11 Å². The molecule has 3 aromatic rings. The molecule has 3 heteroatoms. The maximum absolute atomic E-state index is 10.8. The van der Waals surface area contributed by atoms with E-state index in [1.807, 2.05) is 12.1 Å². The molecule has 0 bridgehead atoms. The zero-order chi connectivity index (χ0) is 15.0. The molecule has 2 aromatic carbocycles. The number of carboxylic acid groups (broad SMARTS) is 1. The minimum atomic E-state index is -0.783. The van der Waals surface area contributed by atoms with Gasteiger partial charge >= 0.3 is 5.97 Å². The average molecular weight is 298 g/mol. The Morgan fingerprint density at radius 2 is 1.81 bits per heavy atom. The minimum absolute atomic E-state index is 0.0861. The number of fused-ring (bicyclic) bond motifs is 3. The molecule has 1 aromatic heterocycles. The number of aliphatic carboxylic acids is 1. The van der Waals surface area contributed by atoms with Gasteiger partial charge in [-0.15, -0.1) is 11.3 Å². The van der Waals surface area contributed by atoms with Gasteiger partial charge in [0, 0.05) is 20.2 Å². The van der Waals surface area contributed by atoms with Gasteiger partial charge in [-0.25, -0.2) is 0 Å². The van der Waals surface area contributed by atoms with Gasteiger partial charge in [0.25, 0.3) is 0 Å². The van der Waals surface area contributed by atoms with Gasteiger partial charge in [0.2, 0.25) is 0 Å². The van der Waals surface area contributed by atoms with Crippen LogP contribution in [0.1, 0.15) is 25.0 Å². The first-order valence-electron chi connectivity index (χ1n) is 7.19. The molecule has 108 valence electrons. The fourth-order valence-corrected chi connectivity index (χ4v) is 3.90. The van der Waals surface area contributed by atoms with Gasteiger partial charge in [-0.05, 0) is 41.7 Å². The number of hydrogen-bond acceptors (Lipinski definition) is 2. The monoisotopic (exact) mass is 298 g/mol. The third kappa shape index (κ3) is 2.93. The van der Waals surface area contributed by atoms with Crippen LogP contribution in [0.25, 0.3) is 20.2 Å². The summed E-state index contributed by atoms with van der Waals surface area (Å²) in [4.78, 5) is 10.8. The summed E-state index contributed by atoms with van der Waals surface area (Å²) in [6, 6.07) is 12.7. The van der Waals surface area contributed by atoms with E-state index in [-0.39, 0.29) is 6.42 Å². The van der Waals surface area contributed by atoms with Crippen molar-refractivity contribution in [1.29, 1.82) is 0 Å². The summed E-state index contributed by atoms with van der Waals surface area (Å²) < 4.78 is 2.44. The quantitative estimate of drug-likeness (QED) is 0.745. The van der Waals surface area contributed by atoms with E-state index in [0.717, 1.165) is 12.0 Å². The Morgan fingerprint density at radius 1 is 1.05 bits per heavy atom. The predicted molar refractivity (Wildman–Crippen MR) is 89.2 cm³/mol. The van der Waals surface area contributed by atoms with Crippen LogP contribution in [0.4, 0.5) is 0 Å². The lowest BCUT2D eigenvalue weighted by Gasteiger charge is -2.04. The maximum atomic E-state index is 10.8. The largest absolute Gasteiger partial charge is 0.481 e. The zero-order valence-corrected chi connectivity index (χ0v) is 13.0. The van der Waals surface area contributed by atoms with Gasteiger partial charge in [0.1, 0.15) is 0 Å². The van der Waals surface area contributed by atoms with Crippen LogP contribution < -0.4 is 0 Å². The molecule has 0 amide bonds. The van der Waals surface area contributed by atoms with Crippen LogP contribution in [0.5, 0.6) is 0 Å². The van der Waals surface area contributed by atoms with Crippen molar-refractivity contribution in [3.8, 4) is 0 Å². The molecule has 21 heavy (non-hydrogen) atoms. The second kappa shape index (κ2) is 5.49. The second-order valence-corrected chi connectivity index (χ2v) is 7.02. The summed E-state index contributed by atoms with van der Waals surface area (Å²) >= 11 is 1.74. The highest BCUT2D eigenvalue weighted by Gasteiger charge is 2.09. The highest BCUT2D eigenvalue weighted by molar-refractivity contribution is 7.25. The Kier molecular flexibility index (Phi) is 3.68. The molecular formula is C18H18O2S. The van der Waals surface area contributed by atoms with E-state index in [1.165, 1.54) is 25.7 Å². The number of carbonyl (C=O) groups is 1. The summed E-state index contributed by atoms with van der Waals surface area (Å²) in [6.07, 6.45) is 1.17. The smallest absolute Gasteiger partial charge is 0.307 e. The summed E-state index contributed by atoms with van der Waals surface area (Å²) in [5.74, 6) is -0.135. The first-order chi connectivity index (χ1) is 10.0. The summed E-state index contributed by atoms with van der Waals surface area (Å²) in [5, 5.41) is 11.4. The molecule has 1 N–H and O–H groups in total. The first kappa shape index (κ1) is 14.1. The standard InChI is InChI=1S/C18H18O2S/c1-11(2)7-12-4-6-16-15(8-12)14-5-3-13(10-18(19)20)9-17(14)21-16/h3-6,8-9,11H,7,10H2,1-2H3,(H,19,20). The molecule has 0 aliphatic rings. The highest BCUT2D eigenvalue weighted by atomic mass is 32.1. The van der Waals surface area contributed by atoms with E-state index < -0.39 is 5.97 Å². The molecule has 2 nitrogen and oxygen atoms in total. The second-order valence-electron chi connectivity index (χ2n) is 5.93. The Hall–Kier alpha value is -1.87. The molecule has 1 heterocycles. The lowest BCUT2D eigenvalue weighted by atomic mass is 10.0. The van der Waals surface area contributed by atoms with Crippen LogP contribution in [-0.2, 0) is 17.6 Å². The van der Waals surface area contributed by atoms with E-state index >= 15 is 0 Å². The fourth-order valence-electron chi connectivity index (χ4n) is 2.75. The number of thiophene rings is 1. The topological polar surface area (TPSA) is 37.3 Å². The lowest BCUT2D eigenvalue weighted by molar-refractivity contribution is -0.136. The maximum Gasteiger partial charge on any atom is 0.307 e. The van der Waals surface area contributed by atoms with Crippen molar-refractivity contribution in [3.63, 3.8) is 0 Å². The molecule has 0 atom stereocenters. The normalized spacial score (nSPS) is 11.6. The molecule has 0 radical (unpaired) electrons. The third-order valence-electron chi connectivity index (χ3n) is 3.60. The van der Waals surface area contributed by atoms with Gasteiger partial charge < -0.3 is 5.11 Å². The van der Waals surface area contributed by atoms with Crippen LogP contribution >= 0.6 is 11.3 Å². The van der Waals surface area contributed by atoms with Crippen molar-refractivity contribution in [3.05, 3.63) is 47.5 Å². The Labute approximate surface area is 128 Å². The van der Waals surface area contributed by atoms with Crippen LogP contribution in [0.2, 0.25) is 0 Å². The van der Waals surface area contributed by atoms with Crippen LogP contribution in [0, 0.1) is 5.92 Å². The van der Waals surface area contributed by atoms with E-state index in [0.29, 0.717) is 5.92 Å². The SMILES string of the molecule is CC(C)Cc1ccc2sc3cc(CC(=O)O)ccc3c2c1. The van der Waals surface area contributed by atoms with E-state index in [9.17, 15) is 4.79 Å². The molecule has 0 saturated heterocycles. The molecule has 0 fully saturated rings. The molecule has 0 aliphatic carbocycles. The van der Waals surface area contributed by atoms with Gasteiger partial charge in [-0.1, -0.05) is 32.0 Å². The van der Waals surface area contributed by atoms with Gasteiger partial charge in [-0.3, -0.25) is 4.79 Å². The van der Waals surface area contributed by atoms with Crippen molar-refractivity contribution >= 4 is 37.5 Å². The van der Waals surface area contributed by atoms with Crippen molar-refractivity contribution in [2.75, 3.05) is 0 Å². The van der Waals surface area contributed by atoms with Crippen LogP contribution in [0.3, 0.4) is 0 Å². The predicted octanol–water partition coefficient (Wildman–Crippen LogP) is 4.88. The molecule has 0 spiro atoms. The molecule has 0 aliphatic heterocycles. The average Bonchev–Trinajstić information content (AvgIpc) is 2.74. The van der Waals surface area contributed by atoms with Crippen LogP contribution in [-0.4, -0.2) is 11.1 Å². The number of hydrogen-bond donors (Lipinski definition) is 1. The Morgan fingerprint density at radius 3 is 2.52 bits per heavy atom. The number of benzene rings is 2. The first-order valence-corrected chi connectivity index (χ1v) is 8.00. The summed E-state index contributed by atoms with van der Waals surface area (Å²) in [5.41, 5.74) is 2.23. The lowest BCUT2D eigenvalue weighted by Crippen LogP contribution is -1.99. The fraction of sp³-hybridized carbons (Fsp3) is 0.278. The van der Waals surface area contributed by atoms with Crippen molar-refractivity contribution in [1.82, 2.24) is 0 Å². The van der Waals surface area contributed by atoms with E-state index in [2.05, 4.69) is 38.1 Å². The van der Waals surface area contributed by atoms with Crippen molar-refractivity contribution < 1.29 is 9.90 Å². The summed E-state index contributed by atoms with van der Waals surface area (Å²) in [6.45, 7) is 4.46. The molecule has 0 saturated carbocycles. The van der Waals surface area contributed by atoms with Gasteiger partial charge in [0.05, 0.1) is 6.42 Å². The van der Waals surface area contributed by atoms with Gasteiger partial charge in [-0.2, -0.15) is 0 Å². The van der Waals surface area contributed by atoms with Gasteiger partial charge in [0.15, 0.2) is 0 Å². The Bertz CT molecular complexity index is 815. The summed E-state index contributed by atoms with van der Waals surface area (Å²) in [7, 11) is 0. The molecular weight excluding hydrogens is 280 g/mol. The zero-order valence-electron chi connectivity index (χ0n) is 12.2. The minimum Gasteiger partial charge on any atom is -0.481 e. The molecule has 3 rings (SSSR count). The highest BCUT2D eigenvalue weighted by Crippen LogP contribution is 2.35. The Balaban J connectivity index is 2.09.